The van der Waals surface area contributed by atoms with Crippen molar-refractivity contribution >= 4 is 5.69 Å². The zero-order valence-corrected chi connectivity index (χ0v) is 11.8. The largest absolute Gasteiger partial charge is 0.454 e. The fraction of sp³-hybridized carbons (Fsp3) is 0.294. The van der Waals surface area contributed by atoms with Crippen molar-refractivity contribution in [3.05, 3.63) is 53.1 Å². The van der Waals surface area contributed by atoms with Gasteiger partial charge in [0.2, 0.25) is 6.79 Å². The molecule has 0 aliphatic carbocycles. The average molecular weight is 282 g/mol. The molecule has 4 rings (SSSR count). The Hall–Kier alpha value is -2.20. The Morgan fingerprint density at radius 3 is 3.00 bits per heavy atom. The van der Waals surface area contributed by atoms with E-state index in [9.17, 15) is 0 Å². The first-order chi connectivity index (χ1) is 10.4. The van der Waals surface area contributed by atoms with Crippen LogP contribution in [-0.4, -0.2) is 13.3 Å². The van der Waals surface area contributed by atoms with Gasteiger partial charge in [-0.2, -0.15) is 0 Å². The third-order valence-corrected chi connectivity index (χ3v) is 4.01. The summed E-state index contributed by atoms with van der Waals surface area (Å²) < 4.78 is 10.7. The molecule has 0 saturated carbocycles. The molecule has 0 spiro atoms. The van der Waals surface area contributed by atoms with Crippen LogP contribution in [0.2, 0.25) is 0 Å². The summed E-state index contributed by atoms with van der Waals surface area (Å²) in [5.41, 5.74) is 5.29. The molecule has 0 fully saturated rings. The van der Waals surface area contributed by atoms with Crippen LogP contribution < -0.4 is 20.1 Å². The van der Waals surface area contributed by atoms with Crippen LogP contribution in [0, 0.1) is 0 Å². The summed E-state index contributed by atoms with van der Waals surface area (Å²) in [6.45, 7) is 3.06. The molecule has 2 aromatic carbocycles. The molecule has 2 aliphatic heterocycles. The number of para-hydroxylation sites is 1. The van der Waals surface area contributed by atoms with E-state index in [4.69, 9.17) is 9.47 Å². The SMILES string of the molecule is c1cc2c(c(CNCc3ccc4c(c3)OCO4)c1)NCC2. The van der Waals surface area contributed by atoms with Crippen LogP contribution in [0.25, 0.3) is 0 Å². The first-order valence-corrected chi connectivity index (χ1v) is 7.34. The Bertz CT molecular complexity index is 670. The van der Waals surface area contributed by atoms with Gasteiger partial charge in [0.15, 0.2) is 11.5 Å². The molecule has 0 atom stereocenters. The van der Waals surface area contributed by atoms with Gasteiger partial charge < -0.3 is 20.1 Å². The number of rotatable bonds is 4. The van der Waals surface area contributed by atoms with Crippen molar-refractivity contribution in [2.75, 3.05) is 18.7 Å². The number of benzene rings is 2. The van der Waals surface area contributed by atoms with E-state index in [2.05, 4.69) is 34.9 Å². The normalized spacial score (nSPS) is 14.9. The third kappa shape index (κ3) is 2.43. The Kier molecular flexibility index (Phi) is 3.16. The highest BCUT2D eigenvalue weighted by Gasteiger charge is 2.14. The molecule has 0 aromatic heterocycles. The maximum absolute atomic E-state index is 5.40. The Morgan fingerprint density at radius 2 is 2.00 bits per heavy atom. The minimum Gasteiger partial charge on any atom is -0.454 e. The van der Waals surface area contributed by atoms with Crippen molar-refractivity contribution in [2.24, 2.45) is 0 Å². The van der Waals surface area contributed by atoms with Gasteiger partial charge in [-0.15, -0.1) is 0 Å². The van der Waals surface area contributed by atoms with Crippen LogP contribution in [0.1, 0.15) is 16.7 Å². The Labute approximate surface area is 124 Å². The molecule has 2 aliphatic rings. The van der Waals surface area contributed by atoms with Crippen molar-refractivity contribution in [2.45, 2.75) is 19.5 Å². The maximum atomic E-state index is 5.40. The summed E-state index contributed by atoms with van der Waals surface area (Å²) in [6, 6.07) is 12.6. The molecule has 0 radical (unpaired) electrons. The van der Waals surface area contributed by atoms with Crippen LogP contribution in [-0.2, 0) is 19.5 Å². The second-order valence-electron chi connectivity index (χ2n) is 5.42. The fourth-order valence-corrected chi connectivity index (χ4v) is 2.95. The van der Waals surface area contributed by atoms with E-state index in [1.54, 1.807) is 0 Å². The van der Waals surface area contributed by atoms with Gasteiger partial charge in [0.1, 0.15) is 0 Å². The van der Waals surface area contributed by atoms with Crippen LogP contribution in [0.15, 0.2) is 36.4 Å². The van der Waals surface area contributed by atoms with E-state index in [-0.39, 0.29) is 0 Å². The number of anilines is 1. The molecule has 4 nitrogen and oxygen atoms in total. The molecule has 0 unspecified atom stereocenters. The number of hydrogen-bond donors (Lipinski definition) is 2. The van der Waals surface area contributed by atoms with Crippen LogP contribution in [0.3, 0.4) is 0 Å². The highest BCUT2D eigenvalue weighted by molar-refractivity contribution is 5.61. The number of hydrogen-bond acceptors (Lipinski definition) is 4. The molecule has 0 amide bonds. The molecule has 0 saturated heterocycles. The van der Waals surface area contributed by atoms with E-state index in [1.165, 1.54) is 22.4 Å². The lowest BCUT2D eigenvalue weighted by atomic mass is 10.1. The molecule has 108 valence electrons. The van der Waals surface area contributed by atoms with Crippen LogP contribution in [0.4, 0.5) is 5.69 Å². The molecule has 21 heavy (non-hydrogen) atoms. The van der Waals surface area contributed by atoms with Gasteiger partial charge >= 0.3 is 0 Å². The summed E-state index contributed by atoms with van der Waals surface area (Å²) in [6.07, 6.45) is 1.13. The molecule has 4 heteroatoms. The van der Waals surface area contributed by atoms with Gasteiger partial charge in [-0.05, 0) is 35.2 Å². The topological polar surface area (TPSA) is 42.5 Å². The van der Waals surface area contributed by atoms with E-state index in [0.717, 1.165) is 37.6 Å². The second kappa shape index (κ2) is 5.30. The zero-order chi connectivity index (χ0) is 14.1. The maximum Gasteiger partial charge on any atom is 0.231 e. The predicted octanol–water partition coefficient (Wildman–Crippen LogP) is 2.67. The second-order valence-corrected chi connectivity index (χ2v) is 5.42. The van der Waals surface area contributed by atoms with Gasteiger partial charge in [-0.3, -0.25) is 0 Å². The number of ether oxygens (including phenoxy) is 2. The summed E-state index contributed by atoms with van der Waals surface area (Å²) in [5.74, 6) is 1.68. The zero-order valence-electron chi connectivity index (χ0n) is 11.8. The summed E-state index contributed by atoms with van der Waals surface area (Å²) in [7, 11) is 0. The van der Waals surface area contributed by atoms with Gasteiger partial charge in [0, 0.05) is 25.3 Å². The lowest BCUT2D eigenvalue weighted by Crippen LogP contribution is -2.13. The van der Waals surface area contributed by atoms with Crippen molar-refractivity contribution in [3.63, 3.8) is 0 Å². The smallest absolute Gasteiger partial charge is 0.231 e. The van der Waals surface area contributed by atoms with Crippen LogP contribution in [0.5, 0.6) is 11.5 Å². The summed E-state index contributed by atoms with van der Waals surface area (Å²) >= 11 is 0. The minimum atomic E-state index is 0.327. The molecular formula is C17H18N2O2. The third-order valence-electron chi connectivity index (χ3n) is 4.01. The van der Waals surface area contributed by atoms with Crippen molar-refractivity contribution < 1.29 is 9.47 Å². The fourth-order valence-electron chi connectivity index (χ4n) is 2.95. The minimum absolute atomic E-state index is 0.327. The van der Waals surface area contributed by atoms with E-state index >= 15 is 0 Å². The predicted molar refractivity (Wildman–Crippen MR) is 81.7 cm³/mol. The Balaban J connectivity index is 1.41. The van der Waals surface area contributed by atoms with Gasteiger partial charge in [-0.1, -0.05) is 24.3 Å². The highest BCUT2D eigenvalue weighted by atomic mass is 16.7. The number of fused-ring (bicyclic) bond motifs is 2. The van der Waals surface area contributed by atoms with E-state index < -0.39 is 0 Å². The monoisotopic (exact) mass is 282 g/mol. The Morgan fingerprint density at radius 1 is 1.05 bits per heavy atom. The van der Waals surface area contributed by atoms with Gasteiger partial charge in [-0.25, -0.2) is 0 Å². The summed E-state index contributed by atoms with van der Waals surface area (Å²) in [4.78, 5) is 0. The summed E-state index contributed by atoms with van der Waals surface area (Å²) in [5, 5.41) is 6.98. The lowest BCUT2D eigenvalue weighted by Gasteiger charge is -2.10. The van der Waals surface area contributed by atoms with Crippen molar-refractivity contribution in [1.29, 1.82) is 0 Å². The average Bonchev–Trinajstić information content (AvgIpc) is 3.15. The van der Waals surface area contributed by atoms with Gasteiger partial charge in [0.05, 0.1) is 0 Å². The molecule has 2 aromatic rings. The molecule has 2 heterocycles. The lowest BCUT2D eigenvalue weighted by molar-refractivity contribution is 0.174. The van der Waals surface area contributed by atoms with Crippen LogP contribution >= 0.6 is 0 Å². The molecule has 0 bridgehead atoms. The van der Waals surface area contributed by atoms with Crippen molar-refractivity contribution in [3.8, 4) is 11.5 Å². The van der Waals surface area contributed by atoms with E-state index in [1.807, 2.05) is 12.1 Å². The molecular weight excluding hydrogens is 264 g/mol. The number of nitrogens with one attached hydrogen (secondary N) is 2. The van der Waals surface area contributed by atoms with E-state index in [0.29, 0.717) is 6.79 Å². The quantitative estimate of drug-likeness (QED) is 0.905. The van der Waals surface area contributed by atoms with Crippen molar-refractivity contribution in [1.82, 2.24) is 5.32 Å². The first-order valence-electron chi connectivity index (χ1n) is 7.34. The molecule has 2 N–H and O–H groups in total. The standard InChI is InChI=1S/C17H18N2O2/c1-2-13-6-7-19-17(13)14(3-1)10-18-9-12-4-5-15-16(8-12)21-11-20-15/h1-5,8,18-19H,6-7,9-11H2. The van der Waals surface area contributed by atoms with Gasteiger partial charge in [0.25, 0.3) is 0 Å². The first kappa shape index (κ1) is 12.5. The highest BCUT2D eigenvalue weighted by Crippen LogP contribution is 2.32.